The Morgan fingerprint density at radius 3 is 1.89 bits per heavy atom. The van der Waals surface area contributed by atoms with Crippen molar-refractivity contribution in [1.29, 1.82) is 0 Å². The van der Waals surface area contributed by atoms with Gasteiger partial charge in [-0.3, -0.25) is 9.59 Å². The molecule has 7 heteroatoms. The summed E-state index contributed by atoms with van der Waals surface area (Å²) >= 11 is 0. The van der Waals surface area contributed by atoms with E-state index in [-0.39, 0.29) is 16.9 Å². The Hall–Kier alpha value is -3.45. The van der Waals surface area contributed by atoms with Crippen molar-refractivity contribution in [2.45, 2.75) is 6.92 Å². The molecule has 0 amide bonds. The van der Waals surface area contributed by atoms with Crippen LogP contribution in [0.25, 0.3) is 0 Å². The number of rotatable bonds is 10. The predicted molar refractivity (Wildman–Crippen MR) is 101 cm³/mol. The lowest BCUT2D eigenvalue weighted by atomic mass is 10.0. The summed E-state index contributed by atoms with van der Waals surface area (Å²) in [5.74, 6) is -0.577. The van der Waals surface area contributed by atoms with E-state index in [1.807, 2.05) is 6.92 Å². The summed E-state index contributed by atoms with van der Waals surface area (Å²) < 4.78 is 19.9. The van der Waals surface area contributed by atoms with Gasteiger partial charge in [0.2, 0.25) is 11.6 Å². The van der Waals surface area contributed by atoms with Crippen molar-refractivity contribution in [3.63, 3.8) is 0 Å². The van der Waals surface area contributed by atoms with Crippen LogP contribution in [0.2, 0.25) is 0 Å². The molecule has 0 aliphatic rings. The molecule has 0 aliphatic heterocycles. The molecule has 0 saturated carbocycles. The lowest BCUT2D eigenvalue weighted by Crippen LogP contribution is -2.14. The highest BCUT2D eigenvalue weighted by Gasteiger charge is 2.18. The standard InChI is InChI=1S/C21H20O7/c1-3-25-13-14-27-17-9-5-15(6-10-17)19(22)20(23)16-7-11-18(12-8-16)28-21(24)26-4-2/h4-12H,2-3,13-14H2,1H3. The molecule has 0 heterocycles. The van der Waals surface area contributed by atoms with Crippen LogP contribution in [0.4, 0.5) is 4.79 Å². The fourth-order valence-corrected chi connectivity index (χ4v) is 2.19. The van der Waals surface area contributed by atoms with Crippen LogP contribution in [0.5, 0.6) is 11.5 Å². The first-order chi connectivity index (χ1) is 13.5. The highest BCUT2D eigenvalue weighted by atomic mass is 16.7. The van der Waals surface area contributed by atoms with E-state index in [0.29, 0.717) is 25.6 Å². The maximum atomic E-state index is 12.4. The topological polar surface area (TPSA) is 88.1 Å². The van der Waals surface area contributed by atoms with E-state index in [1.54, 1.807) is 12.1 Å². The molecule has 0 atom stereocenters. The summed E-state index contributed by atoms with van der Waals surface area (Å²) in [6.45, 7) is 6.62. The molecule has 2 aromatic rings. The van der Waals surface area contributed by atoms with Crippen LogP contribution in [0, 0.1) is 0 Å². The second-order valence-corrected chi connectivity index (χ2v) is 5.39. The number of carbonyl (C=O) groups is 3. The van der Waals surface area contributed by atoms with Gasteiger partial charge in [-0.15, -0.1) is 0 Å². The molecule has 7 nitrogen and oxygen atoms in total. The highest BCUT2D eigenvalue weighted by molar-refractivity contribution is 6.49. The van der Waals surface area contributed by atoms with Crippen molar-refractivity contribution < 1.29 is 33.3 Å². The largest absolute Gasteiger partial charge is 0.518 e. The van der Waals surface area contributed by atoms with Crippen LogP contribution in [0.15, 0.2) is 61.4 Å². The third-order valence-corrected chi connectivity index (χ3v) is 3.52. The molecule has 28 heavy (non-hydrogen) atoms. The minimum atomic E-state index is -0.950. The molecular weight excluding hydrogens is 364 g/mol. The van der Waals surface area contributed by atoms with Crippen molar-refractivity contribution in [1.82, 2.24) is 0 Å². The van der Waals surface area contributed by atoms with E-state index in [4.69, 9.17) is 14.2 Å². The molecule has 0 aliphatic carbocycles. The van der Waals surface area contributed by atoms with E-state index in [2.05, 4.69) is 11.3 Å². The number of ether oxygens (including phenoxy) is 4. The number of hydrogen-bond acceptors (Lipinski definition) is 7. The van der Waals surface area contributed by atoms with Crippen LogP contribution in [0.1, 0.15) is 27.6 Å². The zero-order chi connectivity index (χ0) is 20.4. The van der Waals surface area contributed by atoms with E-state index in [1.165, 1.54) is 36.4 Å². The number of Topliss-reactive ketones (excluding diaryl/α,β-unsaturated/α-hetero) is 2. The average Bonchev–Trinajstić information content (AvgIpc) is 2.71. The summed E-state index contributed by atoms with van der Waals surface area (Å²) in [5.41, 5.74) is 0.420. The zero-order valence-electron chi connectivity index (χ0n) is 15.4. The predicted octanol–water partition coefficient (Wildman–Crippen LogP) is 3.83. The van der Waals surface area contributed by atoms with Gasteiger partial charge in [-0.25, -0.2) is 4.79 Å². The van der Waals surface area contributed by atoms with Crippen molar-refractivity contribution in [3.8, 4) is 11.5 Å². The maximum absolute atomic E-state index is 12.4. The second kappa shape index (κ2) is 10.6. The molecule has 0 fully saturated rings. The summed E-state index contributed by atoms with van der Waals surface area (Å²) in [7, 11) is 0. The van der Waals surface area contributed by atoms with Crippen LogP contribution in [0.3, 0.4) is 0 Å². The zero-order valence-corrected chi connectivity index (χ0v) is 15.4. The molecule has 0 radical (unpaired) electrons. The molecule has 2 rings (SSSR count). The van der Waals surface area contributed by atoms with E-state index in [9.17, 15) is 14.4 Å². The lowest BCUT2D eigenvalue weighted by molar-refractivity contribution is 0.0816. The number of ketones is 2. The van der Waals surface area contributed by atoms with Gasteiger partial charge in [0.1, 0.15) is 18.1 Å². The molecular formula is C21H20O7. The quantitative estimate of drug-likeness (QED) is 0.154. The first-order valence-corrected chi connectivity index (χ1v) is 8.54. The first kappa shape index (κ1) is 20.9. The van der Waals surface area contributed by atoms with Gasteiger partial charge in [0.25, 0.3) is 0 Å². The van der Waals surface area contributed by atoms with Gasteiger partial charge in [-0.2, -0.15) is 0 Å². The Kier molecular flexibility index (Phi) is 7.92. The monoisotopic (exact) mass is 384 g/mol. The molecule has 0 unspecified atom stereocenters. The Balaban J connectivity index is 1.97. The van der Waals surface area contributed by atoms with Crippen LogP contribution >= 0.6 is 0 Å². The minimum Gasteiger partial charge on any atom is -0.491 e. The molecule has 0 spiro atoms. The van der Waals surface area contributed by atoms with Crippen molar-refractivity contribution in [2.75, 3.05) is 19.8 Å². The number of hydrogen-bond donors (Lipinski definition) is 0. The molecule has 0 N–H and O–H groups in total. The average molecular weight is 384 g/mol. The van der Waals surface area contributed by atoms with Crippen LogP contribution < -0.4 is 9.47 Å². The molecule has 0 bridgehead atoms. The van der Waals surface area contributed by atoms with Crippen LogP contribution in [-0.4, -0.2) is 37.5 Å². The third kappa shape index (κ3) is 6.07. The fraction of sp³-hybridized carbons (Fsp3) is 0.190. The fourth-order valence-electron chi connectivity index (χ4n) is 2.19. The molecule has 146 valence electrons. The van der Waals surface area contributed by atoms with E-state index in [0.717, 1.165) is 6.26 Å². The second-order valence-electron chi connectivity index (χ2n) is 5.39. The molecule has 0 saturated heterocycles. The van der Waals surface area contributed by atoms with E-state index < -0.39 is 17.7 Å². The van der Waals surface area contributed by atoms with Crippen LogP contribution in [-0.2, 0) is 9.47 Å². The van der Waals surface area contributed by atoms with E-state index >= 15 is 0 Å². The van der Waals surface area contributed by atoms with Gasteiger partial charge < -0.3 is 18.9 Å². The minimum absolute atomic E-state index is 0.171. The van der Waals surface area contributed by atoms with Gasteiger partial charge >= 0.3 is 6.16 Å². The Bertz CT molecular complexity index is 823. The van der Waals surface area contributed by atoms with Crippen molar-refractivity contribution in [2.24, 2.45) is 0 Å². The number of benzene rings is 2. The Labute approximate surface area is 162 Å². The Morgan fingerprint density at radius 1 is 0.857 bits per heavy atom. The normalized spacial score (nSPS) is 10.0. The first-order valence-electron chi connectivity index (χ1n) is 8.54. The lowest BCUT2D eigenvalue weighted by Gasteiger charge is -2.07. The maximum Gasteiger partial charge on any atom is 0.518 e. The molecule has 0 aromatic heterocycles. The summed E-state index contributed by atoms with van der Waals surface area (Å²) in [4.78, 5) is 35.9. The van der Waals surface area contributed by atoms with Gasteiger partial charge in [0.15, 0.2) is 0 Å². The van der Waals surface area contributed by atoms with Gasteiger partial charge in [-0.1, -0.05) is 6.58 Å². The summed E-state index contributed by atoms with van der Waals surface area (Å²) in [6, 6.07) is 11.9. The third-order valence-electron chi connectivity index (χ3n) is 3.52. The van der Waals surface area contributed by atoms with Gasteiger partial charge in [0.05, 0.1) is 12.9 Å². The number of carbonyl (C=O) groups excluding carboxylic acids is 3. The Morgan fingerprint density at radius 2 is 1.39 bits per heavy atom. The molecule has 2 aromatic carbocycles. The summed E-state index contributed by atoms with van der Waals surface area (Å²) in [5, 5.41) is 0. The van der Waals surface area contributed by atoms with Crippen molar-refractivity contribution in [3.05, 3.63) is 72.5 Å². The summed E-state index contributed by atoms with van der Waals surface area (Å²) in [6.07, 6.45) is -0.0116. The van der Waals surface area contributed by atoms with Crippen molar-refractivity contribution >= 4 is 17.7 Å². The SMILES string of the molecule is C=COC(=O)Oc1ccc(C(=O)C(=O)c2ccc(OCCOCC)cc2)cc1. The smallest absolute Gasteiger partial charge is 0.491 e. The van der Waals surface area contributed by atoms with Gasteiger partial charge in [0, 0.05) is 17.7 Å². The highest BCUT2D eigenvalue weighted by Crippen LogP contribution is 2.17. The van der Waals surface area contributed by atoms with Gasteiger partial charge in [-0.05, 0) is 55.5 Å².